The van der Waals surface area contributed by atoms with Crippen LogP contribution in [-0.2, 0) is 19.6 Å². The lowest BCUT2D eigenvalue weighted by molar-refractivity contribution is 0.253. The average molecular weight is 446 g/mol. The standard InChI is InChI=1S/C31H27NO2/c1-4-10-24(11-5-1)16-18-29-27-17-19-30(33-22-25-12-6-2-7-13-25)31(28(27)20-21-32-29)34-23-26-14-8-3-9-15-26/h1-19H,20-23H2/b18-16+. The molecule has 0 spiro atoms. The van der Waals surface area contributed by atoms with E-state index >= 15 is 0 Å². The van der Waals surface area contributed by atoms with Crippen molar-refractivity contribution in [2.24, 2.45) is 4.99 Å². The van der Waals surface area contributed by atoms with Crippen LogP contribution in [0.5, 0.6) is 11.5 Å². The molecule has 168 valence electrons. The van der Waals surface area contributed by atoms with E-state index in [4.69, 9.17) is 14.5 Å². The second-order valence-electron chi connectivity index (χ2n) is 8.23. The molecule has 0 radical (unpaired) electrons. The van der Waals surface area contributed by atoms with Gasteiger partial charge in [-0.15, -0.1) is 0 Å². The Morgan fingerprint density at radius 3 is 1.94 bits per heavy atom. The van der Waals surface area contributed by atoms with Crippen molar-refractivity contribution in [1.82, 2.24) is 0 Å². The molecule has 0 bridgehead atoms. The van der Waals surface area contributed by atoms with Gasteiger partial charge in [-0.1, -0.05) is 97.1 Å². The molecule has 1 aliphatic heterocycles. The third kappa shape index (κ3) is 5.26. The first kappa shape index (κ1) is 21.7. The second kappa shape index (κ2) is 10.7. The summed E-state index contributed by atoms with van der Waals surface area (Å²) in [6, 6.07) is 34.9. The minimum absolute atomic E-state index is 0.491. The lowest BCUT2D eigenvalue weighted by Crippen LogP contribution is -2.14. The summed E-state index contributed by atoms with van der Waals surface area (Å²) >= 11 is 0. The maximum atomic E-state index is 6.42. The van der Waals surface area contributed by atoms with Crippen LogP contribution >= 0.6 is 0 Å². The molecule has 4 aromatic carbocycles. The van der Waals surface area contributed by atoms with Crippen molar-refractivity contribution in [2.75, 3.05) is 6.54 Å². The van der Waals surface area contributed by atoms with Crippen LogP contribution < -0.4 is 9.47 Å². The molecule has 0 aliphatic carbocycles. The molecule has 0 saturated carbocycles. The number of fused-ring (bicyclic) bond motifs is 1. The van der Waals surface area contributed by atoms with E-state index in [1.54, 1.807) is 0 Å². The van der Waals surface area contributed by atoms with E-state index in [1.165, 1.54) is 0 Å². The van der Waals surface area contributed by atoms with Gasteiger partial charge in [-0.2, -0.15) is 0 Å². The lowest BCUT2D eigenvalue weighted by atomic mass is 9.95. The Morgan fingerprint density at radius 2 is 1.26 bits per heavy atom. The van der Waals surface area contributed by atoms with Gasteiger partial charge in [-0.25, -0.2) is 0 Å². The summed E-state index contributed by atoms with van der Waals surface area (Å²) in [6.07, 6.45) is 5.03. The molecule has 34 heavy (non-hydrogen) atoms. The van der Waals surface area contributed by atoms with Gasteiger partial charge in [-0.05, 0) is 41.3 Å². The van der Waals surface area contributed by atoms with E-state index in [9.17, 15) is 0 Å². The van der Waals surface area contributed by atoms with Gasteiger partial charge in [0.1, 0.15) is 13.2 Å². The molecule has 5 rings (SSSR count). The molecule has 0 saturated heterocycles. The first-order valence-electron chi connectivity index (χ1n) is 11.6. The highest BCUT2D eigenvalue weighted by Gasteiger charge is 2.21. The SMILES string of the molecule is C(=C\c1ccccc1)/C1=NCCc2c1ccc(OCc1ccccc1)c2OCc1ccccc1. The third-order valence-electron chi connectivity index (χ3n) is 5.84. The fourth-order valence-corrected chi connectivity index (χ4v) is 4.09. The summed E-state index contributed by atoms with van der Waals surface area (Å²) in [6.45, 7) is 1.72. The summed E-state index contributed by atoms with van der Waals surface area (Å²) in [7, 11) is 0. The largest absolute Gasteiger partial charge is 0.485 e. The highest BCUT2D eigenvalue weighted by molar-refractivity contribution is 6.12. The Hall–Kier alpha value is -4.11. The highest BCUT2D eigenvalue weighted by Crippen LogP contribution is 2.37. The monoisotopic (exact) mass is 445 g/mol. The lowest BCUT2D eigenvalue weighted by Gasteiger charge is -2.22. The molecular formula is C31H27NO2. The van der Waals surface area contributed by atoms with Gasteiger partial charge < -0.3 is 9.47 Å². The van der Waals surface area contributed by atoms with Crippen molar-refractivity contribution in [3.63, 3.8) is 0 Å². The molecule has 3 heteroatoms. The highest BCUT2D eigenvalue weighted by atomic mass is 16.5. The van der Waals surface area contributed by atoms with Crippen LogP contribution in [0.25, 0.3) is 6.08 Å². The fraction of sp³-hybridized carbons (Fsp3) is 0.129. The molecule has 1 heterocycles. The minimum Gasteiger partial charge on any atom is -0.485 e. The molecule has 3 nitrogen and oxygen atoms in total. The third-order valence-corrected chi connectivity index (χ3v) is 5.84. The van der Waals surface area contributed by atoms with Crippen molar-refractivity contribution < 1.29 is 9.47 Å². The van der Waals surface area contributed by atoms with Gasteiger partial charge in [0.15, 0.2) is 11.5 Å². The van der Waals surface area contributed by atoms with Gasteiger partial charge in [0.25, 0.3) is 0 Å². The molecule has 0 aromatic heterocycles. The quantitative estimate of drug-likeness (QED) is 0.295. The molecule has 0 atom stereocenters. The van der Waals surface area contributed by atoms with E-state index < -0.39 is 0 Å². The van der Waals surface area contributed by atoms with Crippen LogP contribution in [0, 0.1) is 0 Å². The fourth-order valence-electron chi connectivity index (χ4n) is 4.09. The van der Waals surface area contributed by atoms with Crippen LogP contribution in [0.15, 0.2) is 114 Å². The Kier molecular flexibility index (Phi) is 6.82. The number of hydrogen-bond acceptors (Lipinski definition) is 3. The van der Waals surface area contributed by atoms with Crippen LogP contribution in [0.4, 0.5) is 0 Å². The van der Waals surface area contributed by atoms with Crippen LogP contribution in [0.3, 0.4) is 0 Å². The van der Waals surface area contributed by atoms with Crippen molar-refractivity contribution in [3.8, 4) is 11.5 Å². The smallest absolute Gasteiger partial charge is 0.165 e. The molecule has 0 amide bonds. The van der Waals surface area contributed by atoms with Gasteiger partial charge in [0.05, 0.1) is 5.71 Å². The Morgan fingerprint density at radius 1 is 0.647 bits per heavy atom. The zero-order valence-corrected chi connectivity index (χ0v) is 19.1. The van der Waals surface area contributed by atoms with Gasteiger partial charge in [0, 0.05) is 17.7 Å². The van der Waals surface area contributed by atoms with Crippen molar-refractivity contribution in [1.29, 1.82) is 0 Å². The molecule has 0 N–H and O–H groups in total. The van der Waals surface area contributed by atoms with Crippen molar-refractivity contribution in [2.45, 2.75) is 19.6 Å². The Balaban J connectivity index is 1.45. The predicted molar refractivity (Wildman–Crippen MR) is 139 cm³/mol. The van der Waals surface area contributed by atoms with Gasteiger partial charge in [0.2, 0.25) is 0 Å². The molecule has 1 aliphatic rings. The number of allylic oxidation sites excluding steroid dienone is 1. The predicted octanol–water partition coefficient (Wildman–Crippen LogP) is 6.90. The first-order chi connectivity index (χ1) is 16.9. The van der Waals surface area contributed by atoms with Crippen molar-refractivity contribution in [3.05, 3.63) is 137 Å². The topological polar surface area (TPSA) is 30.8 Å². The zero-order valence-electron chi connectivity index (χ0n) is 19.1. The Labute approximate surface area is 201 Å². The van der Waals surface area contributed by atoms with E-state index in [-0.39, 0.29) is 0 Å². The maximum Gasteiger partial charge on any atom is 0.165 e. The van der Waals surface area contributed by atoms with Crippen LogP contribution in [0.2, 0.25) is 0 Å². The van der Waals surface area contributed by atoms with E-state index in [1.807, 2.05) is 60.7 Å². The maximum absolute atomic E-state index is 6.42. The van der Waals surface area contributed by atoms with Crippen molar-refractivity contribution >= 4 is 11.8 Å². The summed E-state index contributed by atoms with van der Waals surface area (Å²) in [5.41, 5.74) is 6.65. The average Bonchev–Trinajstić information content (AvgIpc) is 2.91. The van der Waals surface area contributed by atoms with Crippen LogP contribution in [0.1, 0.15) is 27.8 Å². The van der Waals surface area contributed by atoms with E-state index in [0.717, 1.165) is 58.0 Å². The minimum atomic E-state index is 0.491. The number of nitrogens with zero attached hydrogens (tertiary/aromatic N) is 1. The van der Waals surface area contributed by atoms with Crippen LogP contribution in [-0.4, -0.2) is 12.3 Å². The normalized spacial score (nSPS) is 12.8. The van der Waals surface area contributed by atoms with E-state index in [2.05, 4.69) is 54.6 Å². The number of benzene rings is 4. The molecule has 0 unspecified atom stereocenters. The number of hydrogen-bond donors (Lipinski definition) is 0. The van der Waals surface area contributed by atoms with Gasteiger partial charge in [-0.3, -0.25) is 4.99 Å². The second-order valence-corrected chi connectivity index (χ2v) is 8.23. The zero-order chi connectivity index (χ0) is 23.0. The number of rotatable bonds is 8. The van der Waals surface area contributed by atoms with Gasteiger partial charge >= 0.3 is 0 Å². The summed E-state index contributed by atoms with van der Waals surface area (Å²) < 4.78 is 12.7. The molecule has 0 fully saturated rings. The Bertz CT molecular complexity index is 1280. The molecular weight excluding hydrogens is 418 g/mol. The summed E-state index contributed by atoms with van der Waals surface area (Å²) in [5.74, 6) is 1.59. The summed E-state index contributed by atoms with van der Waals surface area (Å²) in [4.78, 5) is 4.80. The first-order valence-corrected chi connectivity index (χ1v) is 11.6. The summed E-state index contributed by atoms with van der Waals surface area (Å²) in [5, 5.41) is 0. The number of ether oxygens (including phenoxy) is 2. The van der Waals surface area contributed by atoms with E-state index in [0.29, 0.717) is 13.2 Å². The molecule has 4 aromatic rings. The number of aliphatic imine (C=N–C) groups is 1.